The van der Waals surface area contributed by atoms with Gasteiger partial charge in [0.2, 0.25) is 35.7 Å². The number of hydrogen-bond donors (Lipinski definition) is 14. The van der Waals surface area contributed by atoms with Gasteiger partial charge >= 0.3 is 23.9 Å². The highest BCUT2D eigenvalue weighted by Gasteiger charge is 2.20. The molecule has 8 aromatic carbocycles. The Bertz CT molecular complexity index is 5220. The first-order chi connectivity index (χ1) is 55.9. The minimum atomic E-state index is -4.56. The summed E-state index contributed by atoms with van der Waals surface area (Å²) in [6.07, 6.45) is 0. The van der Waals surface area contributed by atoms with E-state index in [4.69, 9.17) is 29.5 Å². The molecular formula is C68H62N20O24S4. The molecule has 0 saturated carbocycles. The summed E-state index contributed by atoms with van der Waals surface area (Å²) in [5.41, 5.74) is 1.83. The highest BCUT2D eigenvalue weighted by atomic mass is 32.2. The van der Waals surface area contributed by atoms with Crippen LogP contribution in [0.2, 0.25) is 0 Å². The summed E-state index contributed by atoms with van der Waals surface area (Å²) in [5, 5.41) is 115. The van der Waals surface area contributed by atoms with Crippen LogP contribution in [0.5, 0.6) is 23.0 Å². The summed E-state index contributed by atoms with van der Waals surface area (Å²) < 4.78 is 100. The first-order valence-corrected chi connectivity index (χ1v) is 38.2. The number of carboxylic acid groups (broad SMARTS) is 4. The van der Waals surface area contributed by atoms with Crippen LogP contribution in [0.4, 0.5) is 104 Å². The number of azo groups is 4. The number of rotatable bonds is 45. The van der Waals surface area contributed by atoms with Crippen LogP contribution < -0.4 is 50.8 Å². The molecule has 0 saturated heterocycles. The van der Waals surface area contributed by atoms with Crippen molar-refractivity contribution in [2.24, 2.45) is 40.9 Å². The van der Waals surface area contributed by atoms with Crippen molar-refractivity contribution in [3.05, 3.63) is 192 Å². The van der Waals surface area contributed by atoms with E-state index >= 15 is 0 Å². The predicted molar refractivity (Wildman–Crippen MR) is 415 cm³/mol. The third-order valence-corrected chi connectivity index (χ3v) is 16.9. The zero-order valence-electron chi connectivity index (χ0n) is 59.2. The van der Waals surface area contributed by atoms with Gasteiger partial charge in [-0.15, -0.1) is 8.67 Å². The van der Waals surface area contributed by atoms with Crippen LogP contribution in [0.3, 0.4) is 0 Å². The molecule has 0 aliphatic rings. The number of aromatic carboxylic acids is 4. The Hall–Kier alpha value is -13.7. The molecule has 48 heteroatoms. The lowest BCUT2D eigenvalue weighted by atomic mass is 10.2. The van der Waals surface area contributed by atoms with E-state index in [0.29, 0.717) is 24.1 Å². The third kappa shape index (κ3) is 27.6. The Labute approximate surface area is 662 Å². The zero-order chi connectivity index (χ0) is 82.4. The SMILES string of the molecule is O=C(O)c1cccc(N=Nc2ccc(Nc3nc(NCCNc4nc(Nc5ccc(N=Nc6cccc(C(=O)O)c6)cc5OCCSOOO)nc(Nc5ccc(N=Nc6cccc(C(=O)O)c6)cc5OCCS(=O)(=O)O)n4)nc(Nc4ccc(N=Nc5cccc(C(=O)O)c5)cc4OCCS(=O)(=O)O)n3)c(OCCSOOO)c2)c1. The van der Waals surface area contributed by atoms with Gasteiger partial charge in [0.15, 0.2) is 0 Å². The average Bonchev–Trinajstić information content (AvgIpc) is 0.823. The molecule has 14 N–H and O–H groups in total. The highest BCUT2D eigenvalue weighted by molar-refractivity contribution is 7.94. The van der Waals surface area contributed by atoms with Crippen molar-refractivity contribution in [3.8, 4) is 23.0 Å². The van der Waals surface area contributed by atoms with Gasteiger partial charge in [-0.25, -0.2) is 29.7 Å². The second-order valence-corrected chi connectivity index (χ2v) is 27.5. The fourth-order valence-electron chi connectivity index (χ4n) is 9.41. The smallest absolute Gasteiger partial charge is 0.335 e. The van der Waals surface area contributed by atoms with Crippen molar-refractivity contribution in [1.82, 2.24) is 29.9 Å². The van der Waals surface area contributed by atoms with Gasteiger partial charge in [0.05, 0.1) is 115 Å². The molecule has 2 heterocycles. The molecule has 0 aliphatic carbocycles. The zero-order valence-corrected chi connectivity index (χ0v) is 62.5. The molecule has 116 heavy (non-hydrogen) atoms. The maximum Gasteiger partial charge on any atom is 0.335 e. The molecule has 10 aromatic rings. The van der Waals surface area contributed by atoms with E-state index in [9.17, 15) is 65.5 Å². The number of nitrogens with one attached hydrogen (secondary N) is 6. The van der Waals surface area contributed by atoms with Gasteiger partial charge in [-0.3, -0.25) is 9.11 Å². The Morgan fingerprint density at radius 1 is 0.336 bits per heavy atom. The molecule has 0 bridgehead atoms. The summed E-state index contributed by atoms with van der Waals surface area (Å²) in [6, 6.07) is 40.3. The fraction of sp³-hybridized carbons (Fsp3) is 0.147. The lowest BCUT2D eigenvalue weighted by molar-refractivity contribution is -0.432. The summed E-state index contributed by atoms with van der Waals surface area (Å²) >= 11 is 1.39. The van der Waals surface area contributed by atoms with Crippen molar-refractivity contribution >= 4 is 172 Å². The Balaban J connectivity index is 1.00. The number of aromatic nitrogens is 6. The van der Waals surface area contributed by atoms with E-state index in [2.05, 4.69) is 121 Å². The monoisotopic (exact) mass is 1670 g/mol. The van der Waals surface area contributed by atoms with Gasteiger partial charge < -0.3 is 71.3 Å². The second-order valence-electron chi connectivity index (χ2n) is 22.8. The normalized spacial score (nSPS) is 11.6. The van der Waals surface area contributed by atoms with Gasteiger partial charge in [0.1, 0.15) is 47.7 Å². The van der Waals surface area contributed by atoms with Crippen LogP contribution in [0.15, 0.2) is 211 Å². The summed E-state index contributed by atoms with van der Waals surface area (Å²) in [6.45, 7) is -1.50. The fourth-order valence-corrected chi connectivity index (χ4v) is 10.5. The largest absolute Gasteiger partial charge is 0.490 e. The van der Waals surface area contributed by atoms with E-state index in [-0.39, 0.29) is 187 Å². The lowest BCUT2D eigenvalue weighted by Crippen LogP contribution is -2.18. The Kier molecular flexibility index (Phi) is 30.5. The standard InChI is InChI=1S/C68H62N20O24S4/c89-59(90)39-5-1-9-43(31-39)81-85-47-13-17-51(55(35-47)105-23-27-113-111-109-97)71-65-75-63(77-67(79-65)73-53-19-15-49(37-57(53)107-25-29-115(99,100)101)87-83-45-11-3-7-41(33-45)61(93)94)69-21-22-70-64-76-66(72-52-18-14-48(36-56(52)106-24-28-114-112-110-98)86-82-44-10-2-6-40(32-44)60(91)92)80-68(78-64)74-54-20-16-50(38-58(54)108-26-30-116(102,103)104)88-84-46-12-4-8-42(34-46)62(95)96/h1-20,31-38,97-98H,21-30H2,(H,89,90)(H,91,92)(H,93,94)(H,95,96)(H,99,100,101)(H,102,103,104)(H3,69,71,73,75,77,79)(H3,70,72,74,76,78,80). The molecule has 44 nitrogen and oxygen atoms in total. The van der Waals surface area contributed by atoms with Crippen LogP contribution in [0, 0.1) is 0 Å². The Morgan fingerprint density at radius 2 is 0.578 bits per heavy atom. The summed E-state index contributed by atoms with van der Waals surface area (Å²) in [5.74, 6) is -7.30. The van der Waals surface area contributed by atoms with Crippen LogP contribution in [0.25, 0.3) is 0 Å². The molecule has 0 amide bonds. The molecular weight excluding hydrogens is 1610 g/mol. The lowest BCUT2D eigenvalue weighted by Gasteiger charge is -2.16. The van der Waals surface area contributed by atoms with Crippen LogP contribution in [0.1, 0.15) is 41.4 Å². The van der Waals surface area contributed by atoms with Crippen molar-refractivity contribution in [3.63, 3.8) is 0 Å². The Morgan fingerprint density at radius 3 is 0.819 bits per heavy atom. The van der Waals surface area contributed by atoms with Crippen molar-refractivity contribution in [2.45, 2.75) is 0 Å². The van der Waals surface area contributed by atoms with Crippen molar-refractivity contribution < 1.29 is 114 Å². The third-order valence-electron chi connectivity index (χ3n) is 14.5. The molecule has 0 spiro atoms. The highest BCUT2D eigenvalue weighted by Crippen LogP contribution is 2.39. The maximum atomic E-state index is 11.9. The number of hydrogen-bond acceptors (Lipinski definition) is 40. The number of nitrogens with zero attached hydrogens (tertiary/aromatic N) is 14. The van der Waals surface area contributed by atoms with Crippen LogP contribution in [-0.4, -0.2) is 173 Å². The van der Waals surface area contributed by atoms with Gasteiger partial charge in [-0.05, 0) is 121 Å². The first kappa shape index (κ1) is 84.8. The van der Waals surface area contributed by atoms with E-state index in [0.717, 1.165) is 0 Å². The van der Waals surface area contributed by atoms with Crippen LogP contribution >= 0.6 is 24.1 Å². The molecule has 602 valence electrons. The first-order valence-electron chi connectivity index (χ1n) is 33.1. The number of carbonyl (C=O) groups is 4. The number of carboxylic acids is 4. The average molecular weight is 1670 g/mol. The second kappa shape index (κ2) is 41.7. The molecule has 0 unspecified atom stereocenters. The molecule has 0 atom stereocenters. The van der Waals surface area contributed by atoms with Gasteiger partial charge in [0.25, 0.3) is 20.2 Å². The maximum absolute atomic E-state index is 11.9. The van der Waals surface area contributed by atoms with Gasteiger partial charge in [-0.2, -0.15) is 87.7 Å². The van der Waals surface area contributed by atoms with Crippen molar-refractivity contribution in [2.75, 3.05) is 94.4 Å². The molecule has 0 fully saturated rings. The summed E-state index contributed by atoms with van der Waals surface area (Å²) in [7, 11) is -9.12. The minimum absolute atomic E-state index is 0.0378. The van der Waals surface area contributed by atoms with Gasteiger partial charge in [0, 0.05) is 61.4 Å². The molecule has 2 aromatic heterocycles. The van der Waals surface area contributed by atoms with E-state index in [1.165, 1.54) is 158 Å². The number of benzene rings is 8. The predicted octanol–water partition coefficient (Wildman–Crippen LogP) is 14.4. The van der Waals surface area contributed by atoms with E-state index in [1.807, 2.05) is 0 Å². The van der Waals surface area contributed by atoms with Gasteiger partial charge in [-0.1, -0.05) is 34.3 Å². The number of ether oxygens (including phenoxy) is 4. The summed E-state index contributed by atoms with van der Waals surface area (Å²) in [4.78, 5) is 74.6. The van der Waals surface area contributed by atoms with E-state index < -0.39 is 68.8 Å². The minimum Gasteiger partial charge on any atom is -0.490 e. The molecule has 10 rings (SSSR count). The van der Waals surface area contributed by atoms with E-state index in [1.54, 1.807) is 12.1 Å². The van der Waals surface area contributed by atoms with Crippen molar-refractivity contribution in [1.29, 1.82) is 0 Å². The topological polar surface area (TPSA) is 621 Å². The molecule has 0 aliphatic heterocycles. The van der Waals surface area contributed by atoms with Crippen LogP contribution in [-0.2, 0) is 39.0 Å². The number of anilines is 10. The quantitative estimate of drug-likeness (QED) is 0.00421. The molecule has 0 radical (unpaired) electrons.